The van der Waals surface area contributed by atoms with Crippen molar-refractivity contribution in [1.29, 1.82) is 0 Å². The molecule has 0 spiro atoms. The molecule has 1 aliphatic rings. The van der Waals surface area contributed by atoms with Gasteiger partial charge in [0.25, 0.3) is 0 Å². The van der Waals surface area contributed by atoms with E-state index in [1.807, 2.05) is 13.0 Å². The molecule has 3 aromatic rings. The molecule has 1 N–H and O–H groups in total. The molecule has 2 heterocycles. The van der Waals surface area contributed by atoms with E-state index in [4.69, 9.17) is 0 Å². The first-order valence-corrected chi connectivity index (χ1v) is 9.10. The van der Waals surface area contributed by atoms with Crippen molar-refractivity contribution in [3.63, 3.8) is 0 Å². The highest BCUT2D eigenvalue weighted by molar-refractivity contribution is 6.07. The molecule has 2 aromatic carbocycles. The fourth-order valence-electron chi connectivity index (χ4n) is 4.51. The smallest absolute Gasteiger partial charge is 0.123 e. The summed E-state index contributed by atoms with van der Waals surface area (Å²) < 4.78 is 2.44. The minimum atomic E-state index is 0.374. The molecule has 0 radical (unpaired) electrons. The van der Waals surface area contributed by atoms with E-state index in [-0.39, 0.29) is 0 Å². The molecule has 0 fully saturated rings. The third-order valence-corrected chi connectivity index (χ3v) is 5.72. The molecule has 25 heavy (non-hydrogen) atoms. The monoisotopic (exact) mass is 334 g/mol. The number of phenols is 1. The summed E-state index contributed by atoms with van der Waals surface area (Å²) in [4.78, 5) is 2.38. The van der Waals surface area contributed by atoms with Gasteiger partial charge >= 0.3 is 0 Å². The molecular weight excluding hydrogens is 308 g/mol. The first-order chi connectivity index (χ1) is 11.9. The van der Waals surface area contributed by atoms with E-state index in [1.165, 1.54) is 39.0 Å². The first kappa shape index (κ1) is 16.1. The van der Waals surface area contributed by atoms with Crippen molar-refractivity contribution in [2.45, 2.75) is 40.7 Å². The molecule has 3 nitrogen and oxygen atoms in total. The van der Waals surface area contributed by atoms with Gasteiger partial charge in [-0.1, -0.05) is 19.1 Å². The Balaban J connectivity index is 2.19. The zero-order chi connectivity index (χ0) is 17.9. The zero-order valence-electron chi connectivity index (χ0n) is 15.8. The minimum absolute atomic E-state index is 0.374. The molecule has 0 saturated carbocycles. The van der Waals surface area contributed by atoms with Crippen molar-refractivity contribution in [2.24, 2.45) is 0 Å². The Morgan fingerprint density at radius 1 is 1.08 bits per heavy atom. The number of hydrogen-bond donors (Lipinski definition) is 1. The number of phenolic OH excluding ortho intramolecular Hbond substituents is 1. The van der Waals surface area contributed by atoms with Crippen LogP contribution in [0, 0.1) is 20.8 Å². The van der Waals surface area contributed by atoms with Gasteiger partial charge < -0.3 is 14.6 Å². The van der Waals surface area contributed by atoms with Crippen LogP contribution in [0.1, 0.15) is 29.3 Å². The number of anilines is 1. The van der Waals surface area contributed by atoms with E-state index in [1.54, 1.807) is 0 Å². The van der Waals surface area contributed by atoms with E-state index in [0.29, 0.717) is 5.75 Å². The lowest BCUT2D eigenvalue weighted by atomic mass is 9.88. The van der Waals surface area contributed by atoms with Crippen molar-refractivity contribution in [1.82, 2.24) is 4.57 Å². The number of rotatable bonds is 2. The minimum Gasteiger partial charge on any atom is -0.507 e. The Labute approximate surface area is 149 Å². The predicted molar refractivity (Wildman–Crippen MR) is 106 cm³/mol. The van der Waals surface area contributed by atoms with Gasteiger partial charge in [0, 0.05) is 36.8 Å². The lowest BCUT2D eigenvalue weighted by molar-refractivity contribution is 0.477. The summed E-state index contributed by atoms with van der Waals surface area (Å²) in [5, 5.41) is 11.9. The number of nitrogens with zero attached hydrogens (tertiary/aromatic N) is 2. The SMILES string of the molecule is CCc1c(C)c2c3c(cc(C)n3CCN2C)c1-c1ccc(C)cc1O. The number of aryl methyl sites for hydroxylation is 2. The molecule has 0 unspecified atom stereocenters. The molecule has 0 atom stereocenters. The third kappa shape index (κ3) is 2.18. The number of hydrogen-bond acceptors (Lipinski definition) is 2. The molecule has 1 aliphatic heterocycles. The van der Waals surface area contributed by atoms with Crippen molar-refractivity contribution in [3.05, 3.63) is 46.6 Å². The summed E-state index contributed by atoms with van der Waals surface area (Å²) in [6.07, 6.45) is 0.954. The summed E-state index contributed by atoms with van der Waals surface area (Å²) in [6.45, 7) is 10.7. The molecule has 0 saturated heterocycles. The van der Waals surface area contributed by atoms with E-state index >= 15 is 0 Å². The second-order valence-corrected chi connectivity index (χ2v) is 7.32. The Kier molecular flexibility index (Phi) is 3.57. The molecular formula is C22H26N2O. The van der Waals surface area contributed by atoms with Crippen LogP contribution in [0.2, 0.25) is 0 Å². The largest absolute Gasteiger partial charge is 0.507 e. The number of aromatic hydroxyl groups is 1. The van der Waals surface area contributed by atoms with Gasteiger partial charge in [-0.3, -0.25) is 0 Å². The second kappa shape index (κ2) is 5.55. The zero-order valence-corrected chi connectivity index (χ0v) is 15.8. The second-order valence-electron chi connectivity index (χ2n) is 7.32. The van der Waals surface area contributed by atoms with Crippen LogP contribution in [0.25, 0.3) is 22.0 Å². The summed E-state index contributed by atoms with van der Waals surface area (Å²) in [7, 11) is 2.19. The third-order valence-electron chi connectivity index (χ3n) is 5.72. The van der Waals surface area contributed by atoms with Crippen LogP contribution in [0.4, 0.5) is 5.69 Å². The van der Waals surface area contributed by atoms with Gasteiger partial charge in [0.15, 0.2) is 0 Å². The molecule has 0 aliphatic carbocycles. The highest BCUT2D eigenvalue weighted by Gasteiger charge is 2.26. The average molecular weight is 334 g/mol. The quantitative estimate of drug-likeness (QED) is 0.718. The van der Waals surface area contributed by atoms with E-state index in [9.17, 15) is 5.11 Å². The fraction of sp³-hybridized carbons (Fsp3) is 0.364. The van der Waals surface area contributed by atoms with Gasteiger partial charge in [0.05, 0.1) is 11.2 Å². The Morgan fingerprint density at radius 2 is 1.84 bits per heavy atom. The van der Waals surface area contributed by atoms with Gasteiger partial charge in [-0.15, -0.1) is 0 Å². The highest BCUT2D eigenvalue weighted by atomic mass is 16.3. The van der Waals surface area contributed by atoms with Crippen molar-refractivity contribution >= 4 is 16.6 Å². The van der Waals surface area contributed by atoms with Crippen LogP contribution in [0.5, 0.6) is 5.75 Å². The summed E-state index contributed by atoms with van der Waals surface area (Å²) in [5.41, 5.74) is 9.87. The lowest BCUT2D eigenvalue weighted by Gasteiger charge is -2.31. The lowest BCUT2D eigenvalue weighted by Crippen LogP contribution is -2.29. The standard InChI is InChI=1S/C22H26N2O/c1-6-16-15(4)21-22-18(12-14(3)24(22)10-9-23(21)5)20(16)17-8-7-13(2)11-19(17)25/h7-8,11-12,25H,6,9-10H2,1-5H3. The van der Waals surface area contributed by atoms with Crippen molar-refractivity contribution in [2.75, 3.05) is 18.5 Å². The number of aromatic nitrogens is 1. The molecule has 0 amide bonds. The van der Waals surface area contributed by atoms with Crippen LogP contribution in [-0.2, 0) is 13.0 Å². The van der Waals surface area contributed by atoms with Gasteiger partial charge in [-0.25, -0.2) is 0 Å². The summed E-state index contributed by atoms with van der Waals surface area (Å²) in [5.74, 6) is 0.374. The molecule has 130 valence electrons. The molecule has 0 bridgehead atoms. The van der Waals surface area contributed by atoms with Gasteiger partial charge in [-0.05, 0) is 61.6 Å². The van der Waals surface area contributed by atoms with Crippen LogP contribution in [0.3, 0.4) is 0 Å². The molecule has 3 heteroatoms. The van der Waals surface area contributed by atoms with E-state index < -0.39 is 0 Å². The summed E-state index contributed by atoms with van der Waals surface area (Å²) in [6, 6.07) is 8.32. The van der Waals surface area contributed by atoms with Crippen molar-refractivity contribution < 1.29 is 5.11 Å². The maximum Gasteiger partial charge on any atom is 0.123 e. The number of benzene rings is 2. The molecule has 4 rings (SSSR count). The van der Waals surface area contributed by atoms with E-state index in [0.717, 1.165) is 30.6 Å². The predicted octanol–water partition coefficient (Wildman–Crippen LogP) is 4.95. The Hall–Kier alpha value is -2.42. The maximum absolute atomic E-state index is 10.7. The Morgan fingerprint density at radius 3 is 2.52 bits per heavy atom. The van der Waals surface area contributed by atoms with Crippen molar-refractivity contribution in [3.8, 4) is 16.9 Å². The van der Waals surface area contributed by atoms with Gasteiger partial charge in [0.2, 0.25) is 0 Å². The number of likely N-dealkylation sites (N-methyl/N-ethyl adjacent to an activating group) is 1. The average Bonchev–Trinajstić information content (AvgIpc) is 2.89. The van der Waals surface area contributed by atoms with E-state index in [2.05, 4.69) is 55.5 Å². The Bertz CT molecular complexity index is 997. The van der Waals surface area contributed by atoms with Crippen LogP contribution >= 0.6 is 0 Å². The van der Waals surface area contributed by atoms with Crippen LogP contribution in [-0.4, -0.2) is 23.3 Å². The molecule has 1 aromatic heterocycles. The maximum atomic E-state index is 10.7. The van der Waals surface area contributed by atoms with Crippen LogP contribution in [0.15, 0.2) is 24.3 Å². The van der Waals surface area contributed by atoms with Crippen LogP contribution < -0.4 is 4.90 Å². The highest BCUT2D eigenvalue weighted by Crippen LogP contribution is 2.46. The first-order valence-electron chi connectivity index (χ1n) is 9.10. The summed E-state index contributed by atoms with van der Waals surface area (Å²) >= 11 is 0. The fourth-order valence-corrected chi connectivity index (χ4v) is 4.51. The van der Waals surface area contributed by atoms with Gasteiger partial charge in [0.1, 0.15) is 5.75 Å². The van der Waals surface area contributed by atoms with Gasteiger partial charge in [-0.2, -0.15) is 0 Å². The topological polar surface area (TPSA) is 28.4 Å². The normalized spacial score (nSPS) is 13.7.